The number of nitrogens with zero attached hydrogens (tertiary/aromatic N) is 1. The molecule has 9 nitrogen and oxygen atoms in total. The molecule has 0 spiro atoms. The van der Waals surface area contributed by atoms with Crippen molar-refractivity contribution in [3.63, 3.8) is 0 Å². The predicted octanol–water partition coefficient (Wildman–Crippen LogP) is 13.1. The highest BCUT2D eigenvalue weighted by Crippen LogP contribution is 2.43. The first-order valence-electron chi connectivity index (χ1n) is 23.1. The van der Waals surface area contributed by atoms with E-state index in [0.29, 0.717) is 17.4 Å². The molecule has 0 aliphatic carbocycles. The van der Waals surface area contributed by atoms with Crippen LogP contribution in [0.2, 0.25) is 0 Å². The molecule has 0 saturated heterocycles. The van der Waals surface area contributed by atoms with Crippen molar-refractivity contribution in [1.82, 2.24) is 0 Å². The predicted molar refractivity (Wildman–Crippen MR) is 234 cm³/mol. The van der Waals surface area contributed by atoms with Crippen molar-refractivity contribution in [2.45, 2.75) is 213 Å². The van der Waals surface area contributed by atoms with E-state index in [1.165, 1.54) is 122 Å². The fourth-order valence-corrected chi connectivity index (χ4v) is 7.08. The molecule has 2 atom stereocenters. The average Bonchev–Trinajstić information content (AvgIpc) is 3.15. The Morgan fingerprint density at radius 3 is 1.41 bits per heavy atom. The molecule has 0 heterocycles. The molecule has 0 radical (unpaired) electrons. The molecule has 0 amide bonds. The quantitative estimate of drug-likeness (QED) is 0.0213. The van der Waals surface area contributed by atoms with Crippen LogP contribution in [0.3, 0.4) is 0 Å². The van der Waals surface area contributed by atoms with Crippen LogP contribution in [-0.2, 0) is 32.7 Å². The van der Waals surface area contributed by atoms with E-state index in [1.807, 2.05) is 21.1 Å². The molecule has 56 heavy (non-hydrogen) atoms. The molecule has 0 aromatic rings. The van der Waals surface area contributed by atoms with Crippen LogP contribution in [0.25, 0.3) is 0 Å². The zero-order valence-corrected chi connectivity index (χ0v) is 38.0. The molecule has 0 aromatic carbocycles. The molecule has 0 aliphatic rings. The van der Waals surface area contributed by atoms with Crippen molar-refractivity contribution < 1.29 is 42.1 Å². The number of hydrogen-bond acceptors (Lipinski definition) is 7. The van der Waals surface area contributed by atoms with Crippen LogP contribution in [0.1, 0.15) is 206 Å². The zero-order valence-electron chi connectivity index (χ0n) is 37.1. The highest BCUT2D eigenvalue weighted by molar-refractivity contribution is 7.47. The van der Waals surface area contributed by atoms with Gasteiger partial charge >= 0.3 is 19.8 Å². The molecular formula is C46H89NO8P+. The SMILES string of the molecule is CCCCCCCC/C=C\C/C=C\CCCCCCC(=O)O[C@H](COC(=O)CCCCCCCCCCCCCCCCC)COP(=O)(O)OCC[N+](C)(C)C. The van der Waals surface area contributed by atoms with Gasteiger partial charge in [0.25, 0.3) is 0 Å². The van der Waals surface area contributed by atoms with Crippen LogP contribution in [-0.4, -0.2) is 74.9 Å². The average molecular weight is 815 g/mol. The van der Waals surface area contributed by atoms with Gasteiger partial charge in [0, 0.05) is 12.8 Å². The first-order valence-corrected chi connectivity index (χ1v) is 24.6. The summed E-state index contributed by atoms with van der Waals surface area (Å²) in [5.74, 6) is -0.811. The number of carbonyl (C=O) groups is 2. The Hall–Kier alpha value is -1.51. The normalized spacial score (nSPS) is 13.8. The van der Waals surface area contributed by atoms with Gasteiger partial charge in [-0.05, 0) is 44.9 Å². The summed E-state index contributed by atoms with van der Waals surface area (Å²) >= 11 is 0. The number of likely N-dealkylation sites (N-methyl/N-ethyl adjacent to an activating group) is 1. The van der Waals surface area contributed by atoms with Crippen LogP contribution >= 0.6 is 7.82 Å². The number of carbonyl (C=O) groups excluding carboxylic acids is 2. The lowest BCUT2D eigenvalue weighted by Crippen LogP contribution is -2.37. The molecule has 0 fully saturated rings. The summed E-state index contributed by atoms with van der Waals surface area (Å²) in [5.41, 5.74) is 0. The van der Waals surface area contributed by atoms with Gasteiger partial charge in [-0.3, -0.25) is 18.6 Å². The number of ether oxygens (including phenoxy) is 2. The monoisotopic (exact) mass is 815 g/mol. The second-order valence-electron chi connectivity index (χ2n) is 16.8. The second kappa shape index (κ2) is 39.0. The van der Waals surface area contributed by atoms with E-state index in [0.717, 1.165) is 51.4 Å². The second-order valence-corrected chi connectivity index (χ2v) is 18.2. The topological polar surface area (TPSA) is 108 Å². The van der Waals surface area contributed by atoms with Crippen LogP contribution < -0.4 is 0 Å². The number of quaternary nitrogens is 1. The minimum atomic E-state index is -4.38. The fraction of sp³-hybridized carbons (Fsp3) is 0.870. The Morgan fingerprint density at radius 1 is 0.554 bits per heavy atom. The fourth-order valence-electron chi connectivity index (χ4n) is 6.34. The highest BCUT2D eigenvalue weighted by Gasteiger charge is 2.27. The molecule has 1 N–H and O–H groups in total. The van der Waals surface area contributed by atoms with E-state index in [1.54, 1.807) is 0 Å². The highest BCUT2D eigenvalue weighted by atomic mass is 31.2. The van der Waals surface area contributed by atoms with Crippen molar-refractivity contribution in [2.24, 2.45) is 0 Å². The molecule has 1 unspecified atom stereocenters. The van der Waals surface area contributed by atoms with Gasteiger partial charge in [-0.15, -0.1) is 0 Å². The number of esters is 2. The maximum atomic E-state index is 12.7. The summed E-state index contributed by atoms with van der Waals surface area (Å²) in [7, 11) is 1.47. The molecule has 330 valence electrons. The Morgan fingerprint density at radius 2 is 0.964 bits per heavy atom. The van der Waals surface area contributed by atoms with Crippen LogP contribution in [0.15, 0.2) is 24.3 Å². The molecule has 10 heteroatoms. The Labute approximate surface area is 345 Å². The number of hydrogen-bond donors (Lipinski definition) is 1. The zero-order chi connectivity index (χ0) is 41.4. The Kier molecular flexibility index (Phi) is 37.9. The molecule has 0 aromatic heterocycles. The van der Waals surface area contributed by atoms with Gasteiger partial charge in [0.1, 0.15) is 19.8 Å². The van der Waals surface area contributed by atoms with Crippen molar-refractivity contribution in [3.8, 4) is 0 Å². The maximum absolute atomic E-state index is 12.7. The summed E-state index contributed by atoms with van der Waals surface area (Å²) in [6.07, 6.45) is 42.2. The van der Waals surface area contributed by atoms with Gasteiger partial charge in [-0.1, -0.05) is 173 Å². The first kappa shape index (κ1) is 54.5. The summed E-state index contributed by atoms with van der Waals surface area (Å²) in [4.78, 5) is 35.4. The number of rotatable bonds is 42. The summed E-state index contributed by atoms with van der Waals surface area (Å²) in [6, 6.07) is 0. The molecule has 0 rings (SSSR count). The summed E-state index contributed by atoms with van der Waals surface area (Å²) in [5, 5.41) is 0. The van der Waals surface area contributed by atoms with Crippen molar-refractivity contribution in [3.05, 3.63) is 24.3 Å². The lowest BCUT2D eigenvalue weighted by Gasteiger charge is -2.24. The van der Waals surface area contributed by atoms with Crippen molar-refractivity contribution in [2.75, 3.05) is 47.5 Å². The van der Waals surface area contributed by atoms with E-state index >= 15 is 0 Å². The van der Waals surface area contributed by atoms with Gasteiger partial charge in [0.2, 0.25) is 0 Å². The summed E-state index contributed by atoms with van der Waals surface area (Å²) < 4.78 is 34.3. The smallest absolute Gasteiger partial charge is 0.462 e. The lowest BCUT2D eigenvalue weighted by atomic mass is 10.0. The third kappa shape index (κ3) is 42.1. The number of phosphoric acid groups is 1. The van der Waals surface area contributed by atoms with Crippen LogP contribution in [0, 0.1) is 0 Å². The van der Waals surface area contributed by atoms with Gasteiger partial charge in [-0.2, -0.15) is 0 Å². The maximum Gasteiger partial charge on any atom is 0.472 e. The first-order chi connectivity index (χ1) is 27.0. The number of phosphoric ester groups is 1. The van der Waals surface area contributed by atoms with Crippen LogP contribution in [0.4, 0.5) is 0 Å². The lowest BCUT2D eigenvalue weighted by molar-refractivity contribution is -0.870. The third-order valence-corrected chi connectivity index (χ3v) is 11.0. The van der Waals surface area contributed by atoms with E-state index in [2.05, 4.69) is 38.2 Å². The minimum absolute atomic E-state index is 0.0299. The van der Waals surface area contributed by atoms with E-state index in [-0.39, 0.29) is 32.0 Å². The Bertz CT molecular complexity index is 1010. The minimum Gasteiger partial charge on any atom is -0.462 e. The third-order valence-electron chi connectivity index (χ3n) is 9.98. The molecular weight excluding hydrogens is 725 g/mol. The summed E-state index contributed by atoms with van der Waals surface area (Å²) in [6.45, 7) is 4.41. The Balaban J connectivity index is 4.35. The van der Waals surface area contributed by atoms with Gasteiger partial charge in [0.15, 0.2) is 6.10 Å². The number of unbranched alkanes of at least 4 members (excludes halogenated alkanes) is 24. The van der Waals surface area contributed by atoms with Crippen molar-refractivity contribution >= 4 is 19.8 Å². The largest absolute Gasteiger partial charge is 0.472 e. The van der Waals surface area contributed by atoms with Gasteiger partial charge in [-0.25, -0.2) is 4.57 Å². The molecule has 0 saturated carbocycles. The van der Waals surface area contributed by atoms with E-state index in [9.17, 15) is 19.0 Å². The van der Waals surface area contributed by atoms with Gasteiger partial charge < -0.3 is 18.9 Å². The standard InChI is InChI=1S/C46H88NO8P/c1-6-8-10-12-14-16-18-20-22-23-25-27-29-31-33-35-37-39-46(49)55-44(43-54-56(50,51)53-41-40-47(3,4)5)42-52-45(48)38-36-34-32-30-28-26-24-21-19-17-15-13-11-9-7-2/h20,22,25,27,44H,6-19,21,23-24,26,28-43H2,1-5H3/p+1/b22-20-,27-25-/t44-/m1/s1. The number of allylic oxidation sites excluding steroid dienone is 4. The molecule has 0 aliphatic heterocycles. The van der Waals surface area contributed by atoms with Crippen molar-refractivity contribution in [1.29, 1.82) is 0 Å². The van der Waals surface area contributed by atoms with E-state index < -0.39 is 26.5 Å². The van der Waals surface area contributed by atoms with Crippen LogP contribution in [0.5, 0.6) is 0 Å². The molecule has 0 bridgehead atoms. The van der Waals surface area contributed by atoms with E-state index in [4.69, 9.17) is 18.5 Å². The van der Waals surface area contributed by atoms with Gasteiger partial charge in [0.05, 0.1) is 27.7 Å².